The molecule has 0 aromatic heterocycles. The van der Waals surface area contributed by atoms with Crippen molar-refractivity contribution in [3.63, 3.8) is 0 Å². The van der Waals surface area contributed by atoms with E-state index in [2.05, 4.69) is 15.8 Å². The normalized spacial score (nSPS) is 10.3. The van der Waals surface area contributed by atoms with Crippen molar-refractivity contribution in [1.29, 1.82) is 0 Å². The molecule has 9 heteroatoms. The topological polar surface area (TPSA) is 107 Å². The summed E-state index contributed by atoms with van der Waals surface area (Å²) in [5.74, 6) is 1.06. The lowest BCUT2D eigenvalue weighted by Crippen LogP contribution is -2.34. The molecular weight excluding hydrogens is 378 g/mol. The lowest BCUT2D eigenvalue weighted by atomic mass is 10.2. The van der Waals surface area contributed by atoms with Crippen LogP contribution in [0.4, 0.5) is 0 Å². The van der Waals surface area contributed by atoms with Gasteiger partial charge in [0.15, 0.2) is 11.5 Å². The molecule has 29 heavy (non-hydrogen) atoms. The highest BCUT2D eigenvalue weighted by Gasteiger charge is 2.12. The van der Waals surface area contributed by atoms with Crippen LogP contribution in [-0.2, 0) is 4.79 Å². The van der Waals surface area contributed by atoms with Gasteiger partial charge in [0, 0.05) is 11.1 Å². The Morgan fingerprint density at radius 3 is 2.24 bits per heavy atom. The number of hydrogen-bond acceptors (Lipinski definition) is 7. The second-order valence-electron chi connectivity index (χ2n) is 5.67. The van der Waals surface area contributed by atoms with Crippen LogP contribution in [0.1, 0.15) is 15.9 Å². The average Bonchev–Trinajstić information content (AvgIpc) is 2.76. The summed E-state index contributed by atoms with van der Waals surface area (Å²) in [6.45, 7) is -0.233. The Hall–Kier alpha value is -3.75. The summed E-state index contributed by atoms with van der Waals surface area (Å²) in [5.41, 5.74) is 3.35. The molecule has 2 N–H and O–H groups in total. The predicted molar refractivity (Wildman–Crippen MR) is 107 cm³/mol. The number of carbonyl (C=O) groups is 2. The monoisotopic (exact) mass is 401 g/mol. The van der Waals surface area contributed by atoms with Crippen LogP contribution in [0.25, 0.3) is 0 Å². The SMILES string of the molecule is COc1cccc(C(=O)NCC(=O)NN=Cc2cc(OC)c(OC)c(OC)c2)c1. The molecule has 0 heterocycles. The molecule has 0 fully saturated rings. The number of amides is 2. The predicted octanol–water partition coefficient (Wildman–Crippen LogP) is 1.60. The molecule has 0 bridgehead atoms. The number of carbonyl (C=O) groups excluding carboxylic acids is 2. The number of hydrogen-bond donors (Lipinski definition) is 2. The van der Waals surface area contributed by atoms with E-state index in [9.17, 15) is 9.59 Å². The van der Waals surface area contributed by atoms with E-state index in [1.54, 1.807) is 36.4 Å². The zero-order valence-electron chi connectivity index (χ0n) is 16.6. The van der Waals surface area contributed by atoms with Crippen LogP contribution in [0.2, 0.25) is 0 Å². The molecule has 0 radical (unpaired) electrons. The maximum atomic E-state index is 12.1. The lowest BCUT2D eigenvalue weighted by molar-refractivity contribution is -0.120. The first-order valence-corrected chi connectivity index (χ1v) is 8.56. The van der Waals surface area contributed by atoms with Crippen molar-refractivity contribution in [3.05, 3.63) is 47.5 Å². The van der Waals surface area contributed by atoms with Crippen molar-refractivity contribution < 1.29 is 28.5 Å². The van der Waals surface area contributed by atoms with Crippen molar-refractivity contribution >= 4 is 18.0 Å². The Labute approximate surface area is 168 Å². The molecule has 0 saturated heterocycles. The van der Waals surface area contributed by atoms with Crippen molar-refractivity contribution in [3.8, 4) is 23.0 Å². The van der Waals surface area contributed by atoms with Crippen LogP contribution in [0.3, 0.4) is 0 Å². The standard InChI is InChI=1S/C20H23N3O6/c1-26-15-7-5-6-14(10-15)20(25)21-12-18(24)23-22-11-13-8-16(27-2)19(29-4)17(9-13)28-3/h5-11H,12H2,1-4H3,(H,21,25)(H,23,24). The maximum absolute atomic E-state index is 12.1. The van der Waals surface area contributed by atoms with E-state index < -0.39 is 11.8 Å². The van der Waals surface area contributed by atoms with Gasteiger partial charge in [0.1, 0.15) is 5.75 Å². The van der Waals surface area contributed by atoms with Gasteiger partial charge in [0.2, 0.25) is 5.75 Å². The number of methoxy groups -OCH3 is 4. The van der Waals surface area contributed by atoms with E-state index in [-0.39, 0.29) is 6.54 Å². The Morgan fingerprint density at radius 2 is 1.66 bits per heavy atom. The van der Waals surface area contributed by atoms with Crippen LogP contribution in [0, 0.1) is 0 Å². The first kappa shape index (κ1) is 21.5. The molecule has 2 rings (SSSR count). The van der Waals surface area contributed by atoms with Gasteiger partial charge in [-0.15, -0.1) is 0 Å². The van der Waals surface area contributed by atoms with E-state index >= 15 is 0 Å². The summed E-state index contributed by atoms with van der Waals surface area (Å²) in [6.07, 6.45) is 1.42. The van der Waals surface area contributed by atoms with Gasteiger partial charge in [-0.25, -0.2) is 5.43 Å². The lowest BCUT2D eigenvalue weighted by Gasteiger charge is -2.12. The van der Waals surface area contributed by atoms with Gasteiger partial charge in [-0.05, 0) is 30.3 Å². The Morgan fingerprint density at radius 1 is 0.966 bits per heavy atom. The molecule has 0 aliphatic heterocycles. The number of nitrogens with zero attached hydrogens (tertiary/aromatic N) is 1. The van der Waals surface area contributed by atoms with Crippen molar-refractivity contribution in [2.24, 2.45) is 5.10 Å². The highest BCUT2D eigenvalue weighted by molar-refractivity contribution is 5.96. The maximum Gasteiger partial charge on any atom is 0.259 e. The van der Waals surface area contributed by atoms with E-state index in [4.69, 9.17) is 18.9 Å². The molecule has 2 aromatic rings. The van der Waals surface area contributed by atoms with E-state index in [1.165, 1.54) is 34.7 Å². The molecule has 0 aliphatic carbocycles. The largest absolute Gasteiger partial charge is 0.497 e. The molecule has 0 saturated carbocycles. The third kappa shape index (κ3) is 5.86. The minimum atomic E-state index is -0.482. The minimum absolute atomic E-state index is 0.233. The summed E-state index contributed by atoms with van der Waals surface area (Å²) in [5, 5.41) is 6.39. The van der Waals surface area contributed by atoms with Gasteiger partial charge >= 0.3 is 0 Å². The van der Waals surface area contributed by atoms with Crippen molar-refractivity contribution in [2.45, 2.75) is 0 Å². The third-order valence-electron chi connectivity index (χ3n) is 3.83. The van der Waals surface area contributed by atoms with Crippen molar-refractivity contribution in [2.75, 3.05) is 35.0 Å². The molecule has 2 amide bonds. The van der Waals surface area contributed by atoms with Crippen LogP contribution < -0.4 is 29.7 Å². The average molecular weight is 401 g/mol. The number of hydrazone groups is 1. The fraction of sp³-hybridized carbons (Fsp3) is 0.250. The molecule has 0 unspecified atom stereocenters. The van der Waals surface area contributed by atoms with E-state index in [0.29, 0.717) is 34.1 Å². The number of nitrogens with one attached hydrogen (secondary N) is 2. The van der Waals surface area contributed by atoms with Crippen molar-refractivity contribution in [1.82, 2.24) is 10.7 Å². The second kappa shape index (κ2) is 10.5. The summed E-state index contributed by atoms with van der Waals surface area (Å²) in [7, 11) is 6.03. The zero-order valence-corrected chi connectivity index (χ0v) is 16.6. The fourth-order valence-corrected chi connectivity index (χ4v) is 2.42. The molecule has 0 aliphatic rings. The minimum Gasteiger partial charge on any atom is -0.497 e. The Kier molecular flexibility index (Phi) is 7.84. The number of rotatable bonds is 9. The van der Waals surface area contributed by atoms with Gasteiger partial charge < -0.3 is 24.3 Å². The van der Waals surface area contributed by atoms with Crippen LogP contribution in [-0.4, -0.2) is 53.0 Å². The van der Waals surface area contributed by atoms with Gasteiger partial charge in [0.25, 0.3) is 11.8 Å². The molecule has 9 nitrogen and oxygen atoms in total. The van der Waals surface area contributed by atoms with Gasteiger partial charge in [-0.3, -0.25) is 9.59 Å². The Balaban J connectivity index is 1.93. The fourth-order valence-electron chi connectivity index (χ4n) is 2.42. The molecule has 0 spiro atoms. The molecule has 0 atom stereocenters. The summed E-state index contributed by atoms with van der Waals surface area (Å²) in [4.78, 5) is 24.0. The van der Waals surface area contributed by atoms with E-state index in [1.807, 2.05) is 0 Å². The second-order valence-corrected chi connectivity index (χ2v) is 5.67. The van der Waals surface area contributed by atoms with Gasteiger partial charge in [-0.1, -0.05) is 6.07 Å². The summed E-state index contributed by atoms with van der Waals surface area (Å²) in [6, 6.07) is 9.98. The highest BCUT2D eigenvalue weighted by atomic mass is 16.5. The first-order valence-electron chi connectivity index (χ1n) is 8.56. The number of ether oxygens (including phenoxy) is 4. The molecular formula is C20H23N3O6. The first-order chi connectivity index (χ1) is 14.0. The summed E-state index contributed by atoms with van der Waals surface area (Å²) < 4.78 is 20.8. The molecule has 154 valence electrons. The van der Waals surface area contributed by atoms with Crippen LogP contribution in [0.15, 0.2) is 41.5 Å². The highest BCUT2D eigenvalue weighted by Crippen LogP contribution is 2.37. The zero-order chi connectivity index (χ0) is 21.2. The van der Waals surface area contributed by atoms with Crippen LogP contribution in [0.5, 0.6) is 23.0 Å². The van der Waals surface area contributed by atoms with Crippen LogP contribution >= 0.6 is 0 Å². The summed E-state index contributed by atoms with van der Waals surface area (Å²) >= 11 is 0. The number of benzene rings is 2. The third-order valence-corrected chi connectivity index (χ3v) is 3.83. The molecule has 2 aromatic carbocycles. The van der Waals surface area contributed by atoms with Gasteiger partial charge in [0.05, 0.1) is 41.2 Å². The van der Waals surface area contributed by atoms with E-state index in [0.717, 1.165) is 0 Å². The smallest absolute Gasteiger partial charge is 0.259 e. The Bertz CT molecular complexity index is 873. The van der Waals surface area contributed by atoms with Gasteiger partial charge in [-0.2, -0.15) is 5.10 Å². The quantitative estimate of drug-likeness (QED) is 0.488.